The lowest BCUT2D eigenvalue weighted by Crippen LogP contribution is -2.74. The molecule has 0 aromatic rings. The molecule has 4 aliphatic carbocycles. The van der Waals surface area contributed by atoms with Crippen molar-refractivity contribution < 1.29 is 20.0 Å². The molecule has 180 valence electrons. The molecule has 0 radical (unpaired) electrons. The van der Waals surface area contributed by atoms with Crippen LogP contribution in [-0.2, 0) is 9.78 Å². The van der Waals surface area contributed by atoms with E-state index in [4.69, 9.17) is 9.78 Å². The van der Waals surface area contributed by atoms with E-state index in [0.29, 0.717) is 24.2 Å². The van der Waals surface area contributed by atoms with Crippen molar-refractivity contribution in [2.75, 3.05) is 0 Å². The Morgan fingerprint density at radius 2 is 1.53 bits per heavy atom. The van der Waals surface area contributed by atoms with Crippen molar-refractivity contribution in [2.45, 2.75) is 109 Å². The van der Waals surface area contributed by atoms with Crippen LogP contribution in [0.2, 0.25) is 0 Å². The molecule has 4 fully saturated rings. The van der Waals surface area contributed by atoms with Gasteiger partial charge in [0.25, 0.3) is 0 Å². The maximum Gasteiger partial charge on any atom is 0.130 e. The average Bonchev–Trinajstić information content (AvgIpc) is 3.04. The predicted molar refractivity (Wildman–Crippen MR) is 126 cm³/mol. The molecule has 10 atom stereocenters. The second kappa shape index (κ2) is 7.16. The summed E-state index contributed by atoms with van der Waals surface area (Å²) in [6.07, 6.45) is 15.0. The first-order valence-corrected chi connectivity index (χ1v) is 13.1. The molecule has 4 heteroatoms. The van der Waals surface area contributed by atoms with E-state index >= 15 is 0 Å². The maximum atomic E-state index is 12.2. The van der Waals surface area contributed by atoms with E-state index < -0.39 is 16.8 Å². The van der Waals surface area contributed by atoms with Gasteiger partial charge >= 0.3 is 0 Å². The number of rotatable bonds is 4. The zero-order valence-corrected chi connectivity index (χ0v) is 20.9. The Morgan fingerprint density at radius 3 is 2.19 bits per heavy atom. The third-order valence-corrected chi connectivity index (χ3v) is 11.3. The van der Waals surface area contributed by atoms with Gasteiger partial charge in [-0.05, 0) is 56.4 Å². The molecule has 2 heterocycles. The number of hydrogen-bond donors (Lipinski definition) is 2. The quantitative estimate of drug-likeness (QED) is 0.438. The van der Waals surface area contributed by atoms with Gasteiger partial charge in [-0.2, -0.15) is 0 Å². The van der Waals surface area contributed by atoms with Crippen molar-refractivity contribution in [1.82, 2.24) is 0 Å². The van der Waals surface area contributed by atoms with Crippen LogP contribution in [0.1, 0.15) is 86.5 Å². The van der Waals surface area contributed by atoms with E-state index in [1.807, 2.05) is 0 Å². The Bertz CT molecular complexity index is 820. The van der Waals surface area contributed by atoms with E-state index in [2.05, 4.69) is 65.8 Å². The molecule has 0 aromatic carbocycles. The molecule has 2 spiro atoms. The number of fused-ring (bicyclic) bond motifs is 2. The van der Waals surface area contributed by atoms with Gasteiger partial charge in [-0.1, -0.05) is 59.8 Å². The predicted octanol–water partition coefficient (Wildman–Crippen LogP) is 5.59. The SMILES string of the molecule is CC(C)C(C)C=CC(C)[C@@]1(O)CCC2[C@@]34C=C[C@]5(CC(O)CC[C@]5(C)C3CC[C@@]21C)OO4. The smallest absolute Gasteiger partial charge is 0.130 e. The monoisotopic (exact) mass is 444 g/mol. The van der Waals surface area contributed by atoms with Crippen molar-refractivity contribution in [3.05, 3.63) is 24.3 Å². The first-order valence-electron chi connectivity index (χ1n) is 13.1. The molecule has 6 rings (SSSR count). The molecule has 3 saturated carbocycles. The van der Waals surface area contributed by atoms with Gasteiger partial charge in [0.1, 0.15) is 11.2 Å². The van der Waals surface area contributed by atoms with Crippen LogP contribution < -0.4 is 0 Å². The number of aliphatic hydroxyl groups excluding tert-OH is 1. The summed E-state index contributed by atoms with van der Waals surface area (Å²) in [5.41, 5.74) is -1.96. The Hall–Kier alpha value is -0.680. The highest BCUT2D eigenvalue weighted by Crippen LogP contribution is 2.73. The molecular formula is C28H44O4. The van der Waals surface area contributed by atoms with Crippen LogP contribution in [-0.4, -0.2) is 33.1 Å². The first kappa shape index (κ1) is 23.1. The normalized spacial score (nSPS) is 53.8. The van der Waals surface area contributed by atoms with Gasteiger partial charge in [-0.15, -0.1) is 0 Å². The molecule has 0 amide bonds. The van der Waals surface area contributed by atoms with Gasteiger partial charge in [-0.25, -0.2) is 9.78 Å². The highest BCUT2D eigenvalue weighted by molar-refractivity contribution is 5.34. The summed E-state index contributed by atoms with van der Waals surface area (Å²) in [6.45, 7) is 13.6. The number of aliphatic hydroxyl groups is 2. The molecule has 2 aliphatic heterocycles. The Balaban J connectivity index is 1.49. The van der Waals surface area contributed by atoms with Crippen molar-refractivity contribution in [1.29, 1.82) is 0 Å². The molecule has 1 saturated heterocycles. The number of hydrogen-bond acceptors (Lipinski definition) is 4. The fraction of sp³-hybridized carbons (Fsp3) is 0.857. The van der Waals surface area contributed by atoms with Crippen molar-refractivity contribution >= 4 is 0 Å². The lowest BCUT2D eigenvalue weighted by atomic mass is 9.42. The minimum Gasteiger partial charge on any atom is -0.393 e. The topological polar surface area (TPSA) is 58.9 Å². The zero-order chi connectivity index (χ0) is 23.2. The van der Waals surface area contributed by atoms with Crippen molar-refractivity contribution in [3.8, 4) is 0 Å². The average molecular weight is 445 g/mol. The third kappa shape index (κ3) is 2.70. The zero-order valence-electron chi connectivity index (χ0n) is 20.9. The molecule has 2 N–H and O–H groups in total. The van der Waals surface area contributed by atoms with Crippen LogP contribution in [0.4, 0.5) is 0 Å². The lowest BCUT2D eigenvalue weighted by molar-refractivity contribution is -0.498. The first-order chi connectivity index (χ1) is 14.9. The number of allylic oxidation sites excluding steroid dienone is 1. The van der Waals surface area contributed by atoms with Crippen LogP contribution in [0, 0.1) is 40.4 Å². The van der Waals surface area contributed by atoms with Crippen LogP contribution in [0.15, 0.2) is 24.3 Å². The molecular weight excluding hydrogens is 400 g/mol. The van der Waals surface area contributed by atoms with Crippen LogP contribution in [0.5, 0.6) is 0 Å². The standard InChI is InChI=1S/C28H44O4/c1-18(2)19(3)7-8-20(4)28(30)14-11-23-25(28,6)13-10-22-24(5)12-9-21(29)17-26(24)15-16-27(22,23)32-31-26/h7-8,15-16,18-23,29-30H,9-14,17H2,1-6H3/t19?,20?,21?,22?,23?,24-,25+,26-,27-,28+/m1/s1. The van der Waals surface area contributed by atoms with E-state index in [9.17, 15) is 10.2 Å². The molecule has 32 heavy (non-hydrogen) atoms. The van der Waals surface area contributed by atoms with Crippen LogP contribution in [0.3, 0.4) is 0 Å². The van der Waals surface area contributed by atoms with E-state index in [1.165, 1.54) is 0 Å². The fourth-order valence-corrected chi connectivity index (χ4v) is 8.62. The molecule has 5 unspecified atom stereocenters. The van der Waals surface area contributed by atoms with Gasteiger partial charge in [0.2, 0.25) is 0 Å². The minimum absolute atomic E-state index is 0.0283. The van der Waals surface area contributed by atoms with Gasteiger partial charge in [0, 0.05) is 35.0 Å². The van der Waals surface area contributed by atoms with Gasteiger partial charge < -0.3 is 10.2 Å². The summed E-state index contributed by atoms with van der Waals surface area (Å²) in [7, 11) is 0. The molecule has 4 nitrogen and oxygen atoms in total. The van der Waals surface area contributed by atoms with Gasteiger partial charge in [0.15, 0.2) is 0 Å². The Labute approximate surface area is 194 Å². The summed E-state index contributed by atoms with van der Waals surface area (Å²) in [5.74, 6) is 1.81. The lowest BCUT2D eigenvalue weighted by Gasteiger charge is -2.69. The van der Waals surface area contributed by atoms with E-state index in [0.717, 1.165) is 38.5 Å². The summed E-state index contributed by atoms with van der Waals surface area (Å²) in [5, 5.41) is 22.6. The second-order valence-corrected chi connectivity index (χ2v) is 12.9. The highest BCUT2D eigenvalue weighted by atomic mass is 17.2. The summed E-state index contributed by atoms with van der Waals surface area (Å²) in [6, 6.07) is 0. The highest BCUT2D eigenvalue weighted by Gasteiger charge is 2.76. The molecule has 2 bridgehead atoms. The van der Waals surface area contributed by atoms with Gasteiger partial charge in [0.05, 0.1) is 11.7 Å². The minimum atomic E-state index is -0.739. The fourth-order valence-electron chi connectivity index (χ4n) is 8.62. The summed E-state index contributed by atoms with van der Waals surface area (Å²) >= 11 is 0. The second-order valence-electron chi connectivity index (χ2n) is 12.9. The van der Waals surface area contributed by atoms with Gasteiger partial charge in [-0.3, -0.25) is 0 Å². The maximum absolute atomic E-state index is 12.2. The molecule has 6 aliphatic rings. The van der Waals surface area contributed by atoms with Crippen LogP contribution in [0.25, 0.3) is 0 Å². The van der Waals surface area contributed by atoms with E-state index in [1.54, 1.807) is 0 Å². The third-order valence-electron chi connectivity index (χ3n) is 11.3. The van der Waals surface area contributed by atoms with Crippen LogP contribution >= 0.6 is 0 Å². The largest absolute Gasteiger partial charge is 0.393 e. The summed E-state index contributed by atoms with van der Waals surface area (Å²) in [4.78, 5) is 12.6. The Kier molecular flexibility index (Phi) is 5.17. The Morgan fingerprint density at radius 1 is 0.875 bits per heavy atom. The molecule has 0 aromatic heterocycles. The van der Waals surface area contributed by atoms with Crippen molar-refractivity contribution in [2.24, 2.45) is 40.4 Å². The summed E-state index contributed by atoms with van der Waals surface area (Å²) < 4.78 is 0. The van der Waals surface area contributed by atoms with Crippen molar-refractivity contribution in [3.63, 3.8) is 0 Å². The van der Waals surface area contributed by atoms with E-state index in [-0.39, 0.29) is 28.8 Å².